The molecule has 1 N–H and O–H groups in total. The Labute approximate surface area is 125 Å². The summed E-state index contributed by atoms with van der Waals surface area (Å²) < 4.78 is 1.25. The first-order valence-electron chi connectivity index (χ1n) is 7.30. The molecule has 0 amide bonds. The summed E-state index contributed by atoms with van der Waals surface area (Å²) in [5.41, 5.74) is 2.75. The lowest BCUT2D eigenvalue weighted by molar-refractivity contribution is 0.315. The van der Waals surface area contributed by atoms with Gasteiger partial charge in [0.25, 0.3) is 0 Å². The molecule has 0 bridgehead atoms. The van der Waals surface area contributed by atoms with E-state index in [1.165, 1.54) is 28.7 Å². The van der Waals surface area contributed by atoms with Gasteiger partial charge in [0.1, 0.15) is 0 Å². The Morgan fingerprint density at radius 1 is 1.26 bits per heavy atom. The SMILES string of the molecule is CCNCc1ccc(CN2CC(C)C(C)C2)c(Br)c1. The van der Waals surface area contributed by atoms with Gasteiger partial charge in [-0.05, 0) is 35.6 Å². The van der Waals surface area contributed by atoms with Crippen molar-refractivity contribution in [1.82, 2.24) is 10.2 Å². The highest BCUT2D eigenvalue weighted by molar-refractivity contribution is 9.10. The van der Waals surface area contributed by atoms with E-state index in [1.807, 2.05) is 0 Å². The van der Waals surface area contributed by atoms with Gasteiger partial charge in [0.2, 0.25) is 0 Å². The molecular weight excluding hydrogens is 300 g/mol. The maximum Gasteiger partial charge on any atom is 0.0245 e. The van der Waals surface area contributed by atoms with E-state index in [2.05, 4.69) is 65.1 Å². The lowest BCUT2D eigenvalue weighted by atomic mass is 10.0. The summed E-state index contributed by atoms with van der Waals surface area (Å²) in [7, 11) is 0. The molecule has 0 spiro atoms. The van der Waals surface area contributed by atoms with E-state index in [0.717, 1.165) is 31.5 Å². The van der Waals surface area contributed by atoms with Gasteiger partial charge in [-0.1, -0.05) is 48.8 Å². The Kier molecular flexibility index (Phi) is 5.43. The predicted molar refractivity (Wildman–Crippen MR) is 85.1 cm³/mol. The molecule has 0 aliphatic carbocycles. The molecule has 0 aromatic heterocycles. The Bertz CT molecular complexity index is 409. The van der Waals surface area contributed by atoms with Crippen molar-refractivity contribution < 1.29 is 0 Å². The number of likely N-dealkylation sites (tertiary alicyclic amines) is 1. The molecule has 1 aliphatic heterocycles. The van der Waals surface area contributed by atoms with E-state index in [1.54, 1.807) is 0 Å². The monoisotopic (exact) mass is 324 g/mol. The third-order valence-corrected chi connectivity index (χ3v) is 4.89. The predicted octanol–water partition coefficient (Wildman–Crippen LogP) is 3.65. The highest BCUT2D eigenvalue weighted by Crippen LogP contribution is 2.26. The second kappa shape index (κ2) is 6.87. The maximum atomic E-state index is 3.72. The van der Waals surface area contributed by atoms with E-state index in [9.17, 15) is 0 Å². The van der Waals surface area contributed by atoms with Gasteiger partial charge < -0.3 is 5.32 Å². The van der Waals surface area contributed by atoms with Crippen LogP contribution in [0.5, 0.6) is 0 Å². The molecule has 0 radical (unpaired) electrons. The average Bonchev–Trinajstić information content (AvgIpc) is 2.69. The molecule has 0 saturated carbocycles. The van der Waals surface area contributed by atoms with E-state index in [4.69, 9.17) is 0 Å². The maximum absolute atomic E-state index is 3.72. The van der Waals surface area contributed by atoms with Crippen LogP contribution < -0.4 is 5.32 Å². The summed E-state index contributed by atoms with van der Waals surface area (Å²) in [5, 5.41) is 3.36. The van der Waals surface area contributed by atoms with Crippen LogP contribution in [0.25, 0.3) is 0 Å². The minimum absolute atomic E-state index is 0.826. The van der Waals surface area contributed by atoms with Crippen molar-refractivity contribution in [2.24, 2.45) is 11.8 Å². The molecule has 2 atom stereocenters. The second-order valence-electron chi connectivity index (χ2n) is 5.85. The normalized spacial score (nSPS) is 24.0. The lowest BCUT2D eigenvalue weighted by Crippen LogP contribution is -2.20. The topological polar surface area (TPSA) is 15.3 Å². The summed E-state index contributed by atoms with van der Waals surface area (Å²) >= 11 is 3.72. The van der Waals surface area contributed by atoms with Crippen LogP contribution in [0.2, 0.25) is 0 Å². The van der Waals surface area contributed by atoms with Crippen LogP contribution in [0.4, 0.5) is 0 Å². The highest BCUT2D eigenvalue weighted by atomic mass is 79.9. The first kappa shape index (κ1) is 15.0. The minimum atomic E-state index is 0.826. The van der Waals surface area contributed by atoms with Crippen LogP contribution in [0.1, 0.15) is 31.9 Å². The van der Waals surface area contributed by atoms with Crippen LogP contribution in [0.3, 0.4) is 0 Å². The standard InChI is InChI=1S/C16H25BrN2/c1-4-18-8-14-5-6-15(16(17)7-14)11-19-9-12(2)13(3)10-19/h5-7,12-13,18H,4,8-11H2,1-3H3. The van der Waals surface area contributed by atoms with E-state index in [-0.39, 0.29) is 0 Å². The minimum Gasteiger partial charge on any atom is -0.313 e. The quantitative estimate of drug-likeness (QED) is 0.889. The lowest BCUT2D eigenvalue weighted by Gasteiger charge is -2.17. The molecule has 19 heavy (non-hydrogen) atoms. The van der Waals surface area contributed by atoms with Gasteiger partial charge in [0, 0.05) is 30.7 Å². The van der Waals surface area contributed by atoms with Crippen molar-refractivity contribution in [2.45, 2.75) is 33.9 Å². The number of nitrogens with zero attached hydrogens (tertiary/aromatic N) is 1. The van der Waals surface area contributed by atoms with E-state index in [0.29, 0.717) is 0 Å². The number of hydrogen-bond donors (Lipinski definition) is 1. The molecule has 106 valence electrons. The molecule has 3 heteroatoms. The van der Waals surface area contributed by atoms with Crippen molar-refractivity contribution in [3.05, 3.63) is 33.8 Å². The van der Waals surface area contributed by atoms with Gasteiger partial charge in [-0.3, -0.25) is 4.90 Å². The summed E-state index contributed by atoms with van der Waals surface area (Å²) in [6, 6.07) is 6.76. The average molecular weight is 325 g/mol. The van der Waals surface area contributed by atoms with Crippen LogP contribution in [0.15, 0.2) is 22.7 Å². The second-order valence-corrected chi connectivity index (χ2v) is 6.71. The first-order valence-corrected chi connectivity index (χ1v) is 8.09. The van der Waals surface area contributed by atoms with Crippen molar-refractivity contribution in [3.63, 3.8) is 0 Å². The molecule has 1 aromatic carbocycles. The molecule has 1 heterocycles. The van der Waals surface area contributed by atoms with Crippen LogP contribution >= 0.6 is 15.9 Å². The molecule has 1 fully saturated rings. The Morgan fingerprint density at radius 3 is 2.53 bits per heavy atom. The van der Waals surface area contributed by atoms with Crippen LogP contribution in [-0.4, -0.2) is 24.5 Å². The van der Waals surface area contributed by atoms with Gasteiger partial charge in [-0.15, -0.1) is 0 Å². The van der Waals surface area contributed by atoms with Crippen molar-refractivity contribution >= 4 is 15.9 Å². The highest BCUT2D eigenvalue weighted by Gasteiger charge is 2.26. The van der Waals surface area contributed by atoms with Crippen molar-refractivity contribution in [2.75, 3.05) is 19.6 Å². The third-order valence-electron chi connectivity index (χ3n) is 4.15. The zero-order valence-corrected chi connectivity index (χ0v) is 13.8. The Hall–Kier alpha value is -0.380. The molecule has 1 aliphatic rings. The zero-order valence-electron chi connectivity index (χ0n) is 12.2. The molecule has 1 aromatic rings. The fraction of sp³-hybridized carbons (Fsp3) is 0.625. The molecular formula is C16H25BrN2. The third kappa shape index (κ3) is 4.04. The zero-order chi connectivity index (χ0) is 13.8. The number of halogens is 1. The molecule has 1 saturated heterocycles. The summed E-state index contributed by atoms with van der Waals surface area (Å²) in [4.78, 5) is 2.57. The Morgan fingerprint density at radius 2 is 1.95 bits per heavy atom. The fourth-order valence-electron chi connectivity index (χ4n) is 2.72. The van der Waals surface area contributed by atoms with E-state index < -0.39 is 0 Å². The number of hydrogen-bond acceptors (Lipinski definition) is 2. The Balaban J connectivity index is 1.97. The summed E-state index contributed by atoms with van der Waals surface area (Å²) in [5.74, 6) is 1.65. The molecule has 2 rings (SSSR count). The smallest absolute Gasteiger partial charge is 0.0245 e. The van der Waals surface area contributed by atoms with Crippen molar-refractivity contribution in [1.29, 1.82) is 0 Å². The molecule has 2 nitrogen and oxygen atoms in total. The number of rotatable bonds is 5. The fourth-order valence-corrected chi connectivity index (χ4v) is 3.27. The van der Waals surface area contributed by atoms with Gasteiger partial charge in [-0.2, -0.15) is 0 Å². The largest absolute Gasteiger partial charge is 0.313 e. The van der Waals surface area contributed by atoms with Crippen LogP contribution in [0, 0.1) is 11.8 Å². The summed E-state index contributed by atoms with van der Waals surface area (Å²) in [6.07, 6.45) is 0. The van der Waals surface area contributed by atoms with Crippen LogP contribution in [-0.2, 0) is 13.1 Å². The number of benzene rings is 1. The van der Waals surface area contributed by atoms with Gasteiger partial charge in [0.15, 0.2) is 0 Å². The summed E-state index contributed by atoms with van der Waals surface area (Å²) in [6.45, 7) is 12.4. The first-order chi connectivity index (χ1) is 9.10. The van der Waals surface area contributed by atoms with Gasteiger partial charge in [0.05, 0.1) is 0 Å². The van der Waals surface area contributed by atoms with Crippen molar-refractivity contribution in [3.8, 4) is 0 Å². The molecule has 2 unspecified atom stereocenters. The van der Waals surface area contributed by atoms with E-state index >= 15 is 0 Å². The van der Waals surface area contributed by atoms with Gasteiger partial charge >= 0.3 is 0 Å². The number of nitrogens with one attached hydrogen (secondary N) is 1. The van der Waals surface area contributed by atoms with Gasteiger partial charge in [-0.25, -0.2) is 0 Å².